The van der Waals surface area contributed by atoms with Gasteiger partial charge in [0.1, 0.15) is 29.5 Å². The molecule has 0 aromatic heterocycles. The Morgan fingerprint density at radius 1 is 1.00 bits per heavy atom. The SMILES string of the molecule is COc1ccc(COC(=O)C2=C(C)CS[C@@H]3C(N4C(=O)c5ccccc5C4=O)C(=O)N23)cc1. The number of fused-ring (bicyclic) bond motifs is 2. The third-order valence-electron chi connectivity index (χ3n) is 5.96. The molecule has 0 aliphatic carbocycles. The summed E-state index contributed by atoms with van der Waals surface area (Å²) in [5, 5.41) is -0.521. The van der Waals surface area contributed by atoms with Crippen molar-refractivity contribution in [3.05, 3.63) is 76.5 Å². The van der Waals surface area contributed by atoms with Crippen molar-refractivity contribution < 1.29 is 28.7 Å². The van der Waals surface area contributed by atoms with Crippen molar-refractivity contribution in [2.45, 2.75) is 24.9 Å². The molecule has 1 unspecified atom stereocenters. The standard InChI is InChI=1S/C24H20N2O6S/c1-13-12-33-23-19(25-20(27)16-5-3-4-6-17(16)21(25)28)22(29)26(23)18(13)24(30)32-11-14-7-9-15(31-2)10-8-14/h3-10,19,23H,11-12H2,1-2H3/t19?,23-/m1/s1. The molecule has 168 valence electrons. The quantitative estimate of drug-likeness (QED) is 0.381. The zero-order chi connectivity index (χ0) is 23.3. The van der Waals surface area contributed by atoms with Crippen molar-refractivity contribution in [1.82, 2.24) is 9.80 Å². The molecule has 3 amide bonds. The summed E-state index contributed by atoms with van der Waals surface area (Å²) in [6, 6.07) is 12.7. The van der Waals surface area contributed by atoms with E-state index in [-0.39, 0.29) is 12.3 Å². The molecule has 0 bridgehead atoms. The number of carbonyl (C=O) groups excluding carboxylic acids is 4. The van der Waals surface area contributed by atoms with Crippen LogP contribution >= 0.6 is 11.8 Å². The lowest BCUT2D eigenvalue weighted by atomic mass is 10.0. The minimum atomic E-state index is -0.945. The number of esters is 1. The van der Waals surface area contributed by atoms with E-state index in [1.54, 1.807) is 62.6 Å². The molecular weight excluding hydrogens is 444 g/mol. The predicted octanol–water partition coefficient (Wildman–Crippen LogP) is 2.59. The maximum absolute atomic E-state index is 13.1. The summed E-state index contributed by atoms with van der Waals surface area (Å²) >= 11 is 1.42. The van der Waals surface area contributed by atoms with E-state index < -0.39 is 35.1 Å². The van der Waals surface area contributed by atoms with Gasteiger partial charge in [0, 0.05) is 5.75 Å². The number of imide groups is 1. The van der Waals surface area contributed by atoms with Crippen LogP contribution in [0.3, 0.4) is 0 Å². The van der Waals surface area contributed by atoms with Gasteiger partial charge in [0.25, 0.3) is 17.7 Å². The molecule has 2 aromatic carbocycles. The lowest BCUT2D eigenvalue weighted by molar-refractivity contribution is -0.154. The minimum absolute atomic E-state index is 0.0429. The van der Waals surface area contributed by atoms with Crippen LogP contribution in [0.4, 0.5) is 0 Å². The van der Waals surface area contributed by atoms with E-state index in [2.05, 4.69) is 0 Å². The summed E-state index contributed by atoms with van der Waals surface area (Å²) < 4.78 is 10.6. The molecule has 2 aromatic rings. The van der Waals surface area contributed by atoms with Gasteiger partial charge in [-0.25, -0.2) is 4.79 Å². The summed E-state index contributed by atoms with van der Waals surface area (Å²) in [5.41, 5.74) is 2.26. The van der Waals surface area contributed by atoms with Gasteiger partial charge in [-0.3, -0.25) is 24.2 Å². The molecule has 2 atom stereocenters. The number of ether oxygens (including phenoxy) is 2. The van der Waals surface area contributed by atoms with Crippen LogP contribution in [0.1, 0.15) is 33.2 Å². The fraction of sp³-hybridized carbons (Fsp3) is 0.250. The van der Waals surface area contributed by atoms with Crippen LogP contribution in [0.5, 0.6) is 5.75 Å². The number of carbonyl (C=O) groups is 4. The van der Waals surface area contributed by atoms with Gasteiger partial charge in [-0.15, -0.1) is 11.8 Å². The van der Waals surface area contributed by atoms with E-state index in [0.717, 1.165) is 10.5 Å². The van der Waals surface area contributed by atoms with Crippen LogP contribution in [0.2, 0.25) is 0 Å². The van der Waals surface area contributed by atoms with Gasteiger partial charge in [-0.2, -0.15) is 0 Å². The van der Waals surface area contributed by atoms with Gasteiger partial charge < -0.3 is 9.47 Å². The highest BCUT2D eigenvalue weighted by atomic mass is 32.2. The summed E-state index contributed by atoms with van der Waals surface area (Å²) in [7, 11) is 1.57. The molecule has 3 aliphatic rings. The lowest BCUT2D eigenvalue weighted by Gasteiger charge is -2.51. The second-order valence-corrected chi connectivity index (χ2v) is 9.04. The number of hydrogen-bond donors (Lipinski definition) is 0. The first kappa shape index (κ1) is 21.3. The van der Waals surface area contributed by atoms with Crippen LogP contribution in [0, 0.1) is 0 Å². The number of methoxy groups -OCH3 is 1. The lowest BCUT2D eigenvalue weighted by Crippen LogP contribution is -2.71. The van der Waals surface area contributed by atoms with Gasteiger partial charge in [0.05, 0.1) is 18.2 Å². The minimum Gasteiger partial charge on any atom is -0.497 e. The van der Waals surface area contributed by atoms with Gasteiger partial charge in [-0.1, -0.05) is 24.3 Å². The number of rotatable bonds is 5. The van der Waals surface area contributed by atoms with Crippen molar-refractivity contribution in [3.8, 4) is 5.75 Å². The second-order valence-electron chi connectivity index (χ2n) is 7.93. The number of amides is 3. The van der Waals surface area contributed by atoms with E-state index in [1.807, 2.05) is 0 Å². The van der Waals surface area contributed by atoms with E-state index in [9.17, 15) is 19.2 Å². The highest BCUT2D eigenvalue weighted by Crippen LogP contribution is 2.44. The molecule has 9 heteroatoms. The summed E-state index contributed by atoms with van der Waals surface area (Å²) in [5.74, 6) is -0.851. The normalized spacial score (nSPS) is 21.6. The van der Waals surface area contributed by atoms with Gasteiger partial charge >= 0.3 is 5.97 Å². The molecule has 0 saturated carbocycles. The first-order valence-electron chi connectivity index (χ1n) is 10.3. The summed E-state index contributed by atoms with van der Waals surface area (Å²) in [4.78, 5) is 54.2. The number of benzene rings is 2. The summed E-state index contributed by atoms with van der Waals surface area (Å²) in [6.45, 7) is 1.82. The Kier molecular flexibility index (Phi) is 5.20. The highest BCUT2D eigenvalue weighted by Gasteiger charge is 2.59. The molecule has 33 heavy (non-hydrogen) atoms. The van der Waals surface area contributed by atoms with Crippen LogP contribution in [0.15, 0.2) is 59.8 Å². The Balaban J connectivity index is 1.33. The Bertz CT molecular complexity index is 1190. The zero-order valence-electron chi connectivity index (χ0n) is 17.9. The van der Waals surface area contributed by atoms with Gasteiger partial charge in [0.2, 0.25) is 0 Å². The number of β-lactam (4-membered cyclic amide) rings is 1. The van der Waals surface area contributed by atoms with Crippen molar-refractivity contribution in [2.75, 3.05) is 12.9 Å². The van der Waals surface area contributed by atoms with Crippen molar-refractivity contribution in [3.63, 3.8) is 0 Å². The maximum atomic E-state index is 13.1. The molecule has 0 N–H and O–H groups in total. The zero-order valence-corrected chi connectivity index (χ0v) is 18.8. The molecule has 5 rings (SSSR count). The molecule has 8 nitrogen and oxygen atoms in total. The van der Waals surface area contributed by atoms with E-state index in [1.165, 1.54) is 16.7 Å². The van der Waals surface area contributed by atoms with Crippen LogP contribution in [-0.2, 0) is 20.9 Å². The molecule has 3 heterocycles. The van der Waals surface area contributed by atoms with Crippen LogP contribution in [-0.4, -0.2) is 57.8 Å². The maximum Gasteiger partial charge on any atom is 0.355 e. The fourth-order valence-electron chi connectivity index (χ4n) is 4.25. The Morgan fingerprint density at radius 3 is 2.24 bits per heavy atom. The molecule has 0 spiro atoms. The molecule has 1 fully saturated rings. The molecule has 1 saturated heterocycles. The third-order valence-corrected chi connectivity index (χ3v) is 7.37. The average molecular weight is 464 g/mol. The van der Waals surface area contributed by atoms with E-state index in [4.69, 9.17) is 9.47 Å². The van der Waals surface area contributed by atoms with Crippen LogP contribution < -0.4 is 4.74 Å². The van der Waals surface area contributed by atoms with Crippen LogP contribution in [0.25, 0.3) is 0 Å². The number of nitrogens with zero attached hydrogens (tertiary/aromatic N) is 2. The Labute approximate surface area is 194 Å². The Hall–Kier alpha value is -3.59. The fourth-order valence-corrected chi connectivity index (χ4v) is 5.58. The molecular formula is C24H20N2O6S. The summed E-state index contributed by atoms with van der Waals surface area (Å²) in [6.07, 6.45) is 0. The van der Waals surface area contributed by atoms with Gasteiger partial charge in [0.15, 0.2) is 0 Å². The topological polar surface area (TPSA) is 93.2 Å². The second kappa shape index (κ2) is 8.08. The van der Waals surface area contributed by atoms with Crippen molar-refractivity contribution in [2.24, 2.45) is 0 Å². The number of thioether (sulfide) groups is 1. The van der Waals surface area contributed by atoms with E-state index in [0.29, 0.717) is 28.2 Å². The third kappa shape index (κ3) is 3.31. The monoisotopic (exact) mass is 464 g/mol. The van der Waals surface area contributed by atoms with E-state index >= 15 is 0 Å². The van der Waals surface area contributed by atoms with Gasteiger partial charge in [-0.05, 0) is 42.3 Å². The first-order valence-corrected chi connectivity index (χ1v) is 11.4. The Morgan fingerprint density at radius 2 is 1.64 bits per heavy atom. The predicted molar refractivity (Wildman–Crippen MR) is 119 cm³/mol. The largest absolute Gasteiger partial charge is 0.497 e. The highest BCUT2D eigenvalue weighted by molar-refractivity contribution is 8.00. The number of hydrogen-bond acceptors (Lipinski definition) is 7. The first-order chi connectivity index (χ1) is 15.9. The molecule has 0 radical (unpaired) electrons. The average Bonchev–Trinajstić information content (AvgIpc) is 3.08. The van der Waals surface area contributed by atoms with Crippen molar-refractivity contribution >= 4 is 35.5 Å². The van der Waals surface area contributed by atoms with Crippen molar-refractivity contribution in [1.29, 1.82) is 0 Å². The smallest absolute Gasteiger partial charge is 0.355 e. The molecule has 3 aliphatic heterocycles.